The van der Waals surface area contributed by atoms with E-state index in [4.69, 9.17) is 0 Å². The molecule has 3 rings (SSSR count). The van der Waals surface area contributed by atoms with Gasteiger partial charge in [0.1, 0.15) is 13.7 Å². The number of carbonyl (C=O) groups excluding carboxylic acids is 2. The fourth-order valence-electron chi connectivity index (χ4n) is 4.04. The van der Waals surface area contributed by atoms with E-state index in [1.54, 1.807) is 11.0 Å². The van der Waals surface area contributed by atoms with E-state index >= 15 is 0 Å². The summed E-state index contributed by atoms with van der Waals surface area (Å²) in [5.74, 6) is -1.31. The quantitative estimate of drug-likeness (QED) is 0.328. The summed E-state index contributed by atoms with van der Waals surface area (Å²) in [5.41, 5.74) is 1.93. The molecule has 0 heterocycles. The van der Waals surface area contributed by atoms with Crippen molar-refractivity contribution in [1.82, 2.24) is 0 Å². The summed E-state index contributed by atoms with van der Waals surface area (Å²) >= 11 is 3.45. The second-order valence-electron chi connectivity index (χ2n) is 7.87. The van der Waals surface area contributed by atoms with Gasteiger partial charge in [0, 0.05) is 28.1 Å². The van der Waals surface area contributed by atoms with Crippen LogP contribution in [0.2, 0.25) is 0 Å². The van der Waals surface area contributed by atoms with E-state index in [-0.39, 0.29) is 17.8 Å². The number of methoxy groups -OCH3 is 1. The molecule has 1 amide bonds. The number of halogens is 2. The first-order valence-electron chi connectivity index (χ1n) is 10.5. The molecule has 1 saturated carbocycles. The molecular weight excluding hydrogens is 460 g/mol. The van der Waals surface area contributed by atoms with E-state index in [0.29, 0.717) is 11.3 Å². The van der Waals surface area contributed by atoms with Crippen LogP contribution in [0.1, 0.15) is 49.2 Å². The van der Waals surface area contributed by atoms with E-state index in [0.717, 1.165) is 42.1 Å². The Labute approximate surface area is 192 Å². The molecule has 1 atom stereocenters. The van der Waals surface area contributed by atoms with Crippen LogP contribution in [0.3, 0.4) is 0 Å². The van der Waals surface area contributed by atoms with Crippen LogP contribution < -0.4 is 4.90 Å². The zero-order valence-electron chi connectivity index (χ0n) is 17.8. The summed E-state index contributed by atoms with van der Waals surface area (Å²) in [5, 5.41) is 0. The van der Waals surface area contributed by atoms with Crippen LogP contribution in [0, 0.1) is 11.7 Å². The molecule has 162 valence electrons. The smallest absolute Gasteiger partial charge is 0.330 e. The Kier molecular flexibility index (Phi) is 8.07. The van der Waals surface area contributed by atoms with E-state index in [1.807, 2.05) is 32.1 Å². The minimum absolute atomic E-state index is 0.0172. The minimum atomic E-state index is -0.524. The van der Waals surface area contributed by atoms with Crippen LogP contribution in [-0.4, -0.2) is 26.8 Å². The molecule has 1 fully saturated rings. The predicted octanol–water partition coefficient (Wildman–Crippen LogP) is 5.02. The second kappa shape index (κ2) is 10.8. The molecule has 31 heavy (non-hydrogen) atoms. The van der Waals surface area contributed by atoms with Crippen molar-refractivity contribution in [1.29, 1.82) is 0 Å². The number of hydrogen-bond acceptors (Lipinski definition) is 3. The standard InChI is InChI=1S/C24H26BBrFNO3/c1-31-22(29)12-7-16-13-20(27)15-21(14-16)28(24(30)18-5-3-2-4-6-18)23(25)17-8-10-19(26)11-9-17/h7-15,18,23H,2-6,25H2,1H3/b12-7+. The first-order chi connectivity index (χ1) is 14.9. The first-order valence-corrected chi connectivity index (χ1v) is 11.3. The summed E-state index contributed by atoms with van der Waals surface area (Å²) in [6.07, 6.45) is 7.66. The number of amides is 1. The zero-order chi connectivity index (χ0) is 22.4. The number of anilines is 1. The third kappa shape index (κ3) is 6.07. The van der Waals surface area contributed by atoms with Gasteiger partial charge in [0.15, 0.2) is 0 Å². The molecule has 1 unspecified atom stereocenters. The predicted molar refractivity (Wildman–Crippen MR) is 127 cm³/mol. The van der Waals surface area contributed by atoms with Crippen molar-refractivity contribution in [3.8, 4) is 0 Å². The summed E-state index contributed by atoms with van der Waals surface area (Å²) in [6.45, 7) is 0. The highest BCUT2D eigenvalue weighted by Crippen LogP contribution is 2.33. The maximum atomic E-state index is 14.5. The molecule has 7 heteroatoms. The van der Waals surface area contributed by atoms with Crippen LogP contribution in [0.4, 0.5) is 10.1 Å². The number of nitrogens with zero attached hydrogens (tertiary/aromatic N) is 1. The van der Waals surface area contributed by atoms with Crippen LogP contribution in [0.5, 0.6) is 0 Å². The lowest BCUT2D eigenvalue weighted by atomic mass is 9.83. The Morgan fingerprint density at radius 3 is 2.48 bits per heavy atom. The maximum Gasteiger partial charge on any atom is 0.330 e. The number of rotatable bonds is 6. The molecule has 4 nitrogen and oxygen atoms in total. The molecule has 2 aromatic rings. The second-order valence-corrected chi connectivity index (χ2v) is 8.79. The largest absolute Gasteiger partial charge is 0.466 e. The number of esters is 1. The third-order valence-electron chi connectivity index (χ3n) is 5.73. The Morgan fingerprint density at radius 1 is 1.16 bits per heavy atom. The number of carbonyl (C=O) groups is 2. The van der Waals surface area contributed by atoms with E-state index in [9.17, 15) is 14.0 Å². The molecule has 0 saturated heterocycles. The normalized spacial score (nSPS) is 15.6. The van der Waals surface area contributed by atoms with E-state index in [1.165, 1.54) is 31.4 Å². The highest BCUT2D eigenvalue weighted by Gasteiger charge is 2.31. The number of ether oxygens (including phenoxy) is 1. The van der Waals surface area contributed by atoms with Gasteiger partial charge in [-0.05, 0) is 60.4 Å². The zero-order valence-corrected chi connectivity index (χ0v) is 19.4. The van der Waals surface area contributed by atoms with Gasteiger partial charge in [-0.25, -0.2) is 9.18 Å². The lowest BCUT2D eigenvalue weighted by Gasteiger charge is -2.34. The molecule has 2 aromatic carbocycles. The molecular formula is C24H26BBrFNO3. The number of benzene rings is 2. The van der Waals surface area contributed by atoms with Gasteiger partial charge in [0.25, 0.3) is 0 Å². The molecule has 1 aliphatic rings. The van der Waals surface area contributed by atoms with Gasteiger partial charge in [-0.1, -0.05) is 47.3 Å². The molecule has 0 N–H and O–H groups in total. The summed E-state index contributed by atoms with van der Waals surface area (Å²) in [6, 6.07) is 12.2. The Morgan fingerprint density at radius 2 is 1.84 bits per heavy atom. The van der Waals surface area contributed by atoms with Crippen LogP contribution in [0.25, 0.3) is 6.08 Å². The van der Waals surface area contributed by atoms with Crippen molar-refractivity contribution in [2.75, 3.05) is 12.0 Å². The number of hydrogen-bond donors (Lipinski definition) is 0. The average molecular weight is 486 g/mol. The SMILES string of the molecule is BC(c1ccc(Br)cc1)N(C(=O)C1CCCCC1)c1cc(F)cc(/C=C/C(=O)OC)c1. The summed E-state index contributed by atoms with van der Waals surface area (Å²) in [7, 11) is 3.24. The van der Waals surface area contributed by atoms with Gasteiger partial charge < -0.3 is 9.64 Å². The van der Waals surface area contributed by atoms with Gasteiger partial charge in [-0.2, -0.15) is 0 Å². The van der Waals surface area contributed by atoms with Crippen LogP contribution in [0.15, 0.2) is 53.0 Å². The molecule has 1 aliphatic carbocycles. The van der Waals surface area contributed by atoms with Crippen molar-refractivity contribution >= 4 is 47.4 Å². The highest BCUT2D eigenvalue weighted by atomic mass is 79.9. The lowest BCUT2D eigenvalue weighted by Crippen LogP contribution is -2.40. The van der Waals surface area contributed by atoms with Crippen LogP contribution in [-0.2, 0) is 14.3 Å². The molecule has 0 spiro atoms. The molecule has 0 bridgehead atoms. The van der Waals surface area contributed by atoms with Crippen molar-refractivity contribution < 1.29 is 18.7 Å². The monoisotopic (exact) mass is 485 g/mol. The summed E-state index contributed by atoms with van der Waals surface area (Å²) < 4.78 is 20.1. The van der Waals surface area contributed by atoms with Gasteiger partial charge in [-0.15, -0.1) is 0 Å². The van der Waals surface area contributed by atoms with Crippen molar-refractivity contribution in [2.45, 2.75) is 38.0 Å². The summed E-state index contributed by atoms with van der Waals surface area (Å²) in [4.78, 5) is 26.8. The fraction of sp³-hybridized carbons (Fsp3) is 0.333. The Balaban J connectivity index is 2.01. The topological polar surface area (TPSA) is 46.6 Å². The maximum absolute atomic E-state index is 14.5. The average Bonchev–Trinajstić information content (AvgIpc) is 2.78. The third-order valence-corrected chi connectivity index (χ3v) is 6.26. The van der Waals surface area contributed by atoms with E-state index < -0.39 is 11.8 Å². The molecule has 0 aliphatic heterocycles. The highest BCUT2D eigenvalue weighted by molar-refractivity contribution is 9.10. The molecule has 0 radical (unpaired) electrons. The fourth-order valence-corrected chi connectivity index (χ4v) is 4.31. The lowest BCUT2D eigenvalue weighted by molar-refractivity contribution is -0.134. The van der Waals surface area contributed by atoms with Gasteiger partial charge in [0.2, 0.25) is 5.91 Å². The van der Waals surface area contributed by atoms with Crippen LogP contribution >= 0.6 is 15.9 Å². The van der Waals surface area contributed by atoms with Gasteiger partial charge in [0.05, 0.1) is 7.11 Å². The first kappa shape index (κ1) is 23.3. The minimum Gasteiger partial charge on any atom is -0.466 e. The van der Waals surface area contributed by atoms with E-state index in [2.05, 4.69) is 20.7 Å². The molecule has 0 aromatic heterocycles. The Bertz CT molecular complexity index is 958. The van der Waals surface area contributed by atoms with Gasteiger partial charge >= 0.3 is 5.97 Å². The van der Waals surface area contributed by atoms with Crippen molar-refractivity contribution in [3.63, 3.8) is 0 Å². The van der Waals surface area contributed by atoms with Gasteiger partial charge in [-0.3, -0.25) is 4.79 Å². The van der Waals surface area contributed by atoms with Crippen molar-refractivity contribution in [3.05, 3.63) is 70.0 Å². The Hall–Kier alpha value is -2.41. The van der Waals surface area contributed by atoms with Crippen molar-refractivity contribution in [2.24, 2.45) is 5.92 Å².